The third-order valence-electron chi connectivity index (χ3n) is 3.91. The van der Waals surface area contributed by atoms with E-state index in [1.54, 1.807) is 0 Å². The summed E-state index contributed by atoms with van der Waals surface area (Å²) < 4.78 is 0. The van der Waals surface area contributed by atoms with Gasteiger partial charge >= 0.3 is 0 Å². The first kappa shape index (κ1) is 11.1. The van der Waals surface area contributed by atoms with Crippen molar-refractivity contribution in [3.63, 3.8) is 0 Å². The highest BCUT2D eigenvalue weighted by Gasteiger charge is 2.21. The Morgan fingerprint density at radius 2 is 1.94 bits per heavy atom. The zero-order valence-corrected chi connectivity index (χ0v) is 10.9. The van der Waals surface area contributed by atoms with Crippen LogP contribution in [0.4, 0.5) is 0 Å². The molecule has 2 aromatic carbocycles. The van der Waals surface area contributed by atoms with Crippen LogP contribution in [-0.4, -0.2) is 0 Å². The molecule has 1 aliphatic rings. The number of aryl methyl sites for hydroxylation is 1. The van der Waals surface area contributed by atoms with Crippen LogP contribution in [0, 0.1) is 5.92 Å². The average Bonchev–Trinajstić information content (AvgIpc) is 2.49. The van der Waals surface area contributed by atoms with E-state index in [1.165, 1.54) is 34.7 Å². The van der Waals surface area contributed by atoms with E-state index in [0.29, 0.717) is 0 Å². The summed E-state index contributed by atoms with van der Waals surface area (Å²) in [5.74, 6) is 0.726. The molecular weight excluding hydrogens is 228 g/mol. The van der Waals surface area contributed by atoms with Crippen LogP contribution < -0.4 is 0 Å². The van der Waals surface area contributed by atoms with Gasteiger partial charge in [0.05, 0.1) is 5.38 Å². The normalized spacial score (nSPS) is 24.4. The number of rotatable bonds is 0. The number of hydrogen-bond donors (Lipinski definition) is 0. The number of benzene rings is 2. The molecule has 0 aliphatic heterocycles. The highest BCUT2D eigenvalue weighted by molar-refractivity contribution is 6.21. The first-order valence-electron chi connectivity index (χ1n) is 6.40. The van der Waals surface area contributed by atoms with Gasteiger partial charge < -0.3 is 0 Å². The van der Waals surface area contributed by atoms with Crippen molar-refractivity contribution in [2.45, 2.75) is 31.6 Å². The first-order chi connectivity index (χ1) is 8.25. The minimum atomic E-state index is 0.187. The van der Waals surface area contributed by atoms with Gasteiger partial charge in [0.15, 0.2) is 0 Å². The summed E-state index contributed by atoms with van der Waals surface area (Å²) in [7, 11) is 0. The van der Waals surface area contributed by atoms with E-state index in [9.17, 15) is 0 Å². The zero-order chi connectivity index (χ0) is 11.8. The predicted octanol–water partition coefficient (Wildman–Crippen LogP) is 5.09. The topological polar surface area (TPSA) is 0 Å². The highest BCUT2D eigenvalue weighted by Crippen LogP contribution is 2.38. The fourth-order valence-electron chi connectivity index (χ4n) is 2.91. The zero-order valence-electron chi connectivity index (χ0n) is 10.1. The van der Waals surface area contributed by atoms with E-state index in [-0.39, 0.29) is 5.38 Å². The van der Waals surface area contributed by atoms with Crippen molar-refractivity contribution in [3.8, 4) is 0 Å². The smallest absolute Gasteiger partial charge is 0.0590 e. The lowest BCUT2D eigenvalue weighted by atomic mass is 9.95. The fraction of sp³-hybridized carbons (Fsp3) is 0.375. The van der Waals surface area contributed by atoms with Crippen molar-refractivity contribution in [1.29, 1.82) is 0 Å². The molecule has 1 heteroatoms. The summed E-state index contributed by atoms with van der Waals surface area (Å²) >= 11 is 6.55. The van der Waals surface area contributed by atoms with Crippen molar-refractivity contribution in [2.24, 2.45) is 5.92 Å². The summed E-state index contributed by atoms with van der Waals surface area (Å²) in [4.78, 5) is 0. The van der Waals surface area contributed by atoms with Crippen molar-refractivity contribution >= 4 is 22.4 Å². The molecule has 3 rings (SSSR count). The third-order valence-corrected chi connectivity index (χ3v) is 4.32. The molecule has 0 saturated carbocycles. The Balaban J connectivity index is 2.22. The summed E-state index contributed by atoms with van der Waals surface area (Å²) in [6.07, 6.45) is 3.53. The molecule has 0 N–H and O–H groups in total. The molecular formula is C16H17Cl. The largest absolute Gasteiger partial charge is 0.118 e. The van der Waals surface area contributed by atoms with E-state index in [0.717, 1.165) is 12.3 Å². The Morgan fingerprint density at radius 1 is 1.12 bits per heavy atom. The number of fused-ring (bicyclic) bond motifs is 3. The van der Waals surface area contributed by atoms with E-state index in [4.69, 9.17) is 11.6 Å². The van der Waals surface area contributed by atoms with Crippen LogP contribution in [0.25, 0.3) is 10.8 Å². The molecule has 2 aromatic rings. The van der Waals surface area contributed by atoms with Crippen LogP contribution in [0.15, 0.2) is 36.4 Å². The first-order valence-corrected chi connectivity index (χ1v) is 6.84. The predicted molar refractivity (Wildman–Crippen MR) is 74.6 cm³/mol. The van der Waals surface area contributed by atoms with Crippen molar-refractivity contribution in [1.82, 2.24) is 0 Å². The highest BCUT2D eigenvalue weighted by atomic mass is 35.5. The van der Waals surface area contributed by atoms with Crippen LogP contribution in [-0.2, 0) is 6.42 Å². The van der Waals surface area contributed by atoms with Crippen LogP contribution in [0.3, 0.4) is 0 Å². The summed E-state index contributed by atoms with van der Waals surface area (Å²) in [5.41, 5.74) is 2.84. The van der Waals surface area contributed by atoms with Crippen molar-refractivity contribution < 1.29 is 0 Å². The monoisotopic (exact) mass is 244 g/mol. The molecule has 17 heavy (non-hydrogen) atoms. The molecule has 0 spiro atoms. The molecule has 0 aromatic heterocycles. The second kappa shape index (κ2) is 4.34. The number of alkyl halides is 1. The summed E-state index contributed by atoms with van der Waals surface area (Å²) in [5, 5.41) is 2.92. The average molecular weight is 245 g/mol. The quantitative estimate of drug-likeness (QED) is 0.447. The minimum Gasteiger partial charge on any atom is -0.118 e. The Kier molecular flexibility index (Phi) is 2.84. The summed E-state index contributed by atoms with van der Waals surface area (Å²) in [6.45, 7) is 2.31. The van der Waals surface area contributed by atoms with Gasteiger partial charge in [-0.2, -0.15) is 0 Å². The molecule has 88 valence electrons. The Bertz CT molecular complexity index is 544. The fourth-order valence-corrected chi connectivity index (χ4v) is 3.42. The van der Waals surface area contributed by atoms with Gasteiger partial charge in [-0.3, -0.25) is 0 Å². The molecule has 0 fully saturated rings. The van der Waals surface area contributed by atoms with Crippen LogP contribution in [0.1, 0.15) is 36.3 Å². The number of halogens is 1. The van der Waals surface area contributed by atoms with Crippen LogP contribution in [0.5, 0.6) is 0 Å². The van der Waals surface area contributed by atoms with Gasteiger partial charge in [-0.25, -0.2) is 0 Å². The second-order valence-electron chi connectivity index (χ2n) is 5.20. The SMILES string of the molecule is CC1CCc2c(ccc3ccccc23)C(Cl)C1. The standard InChI is InChI=1S/C16H17Cl/c1-11-6-8-14-13-5-3-2-4-12(13)7-9-15(14)16(17)10-11/h2-5,7,9,11,16H,6,8,10H2,1H3. The van der Waals surface area contributed by atoms with Gasteiger partial charge in [0.25, 0.3) is 0 Å². The number of hydrogen-bond acceptors (Lipinski definition) is 0. The molecule has 2 atom stereocenters. The van der Waals surface area contributed by atoms with Gasteiger partial charge in [-0.1, -0.05) is 43.3 Å². The minimum absolute atomic E-state index is 0.187. The van der Waals surface area contributed by atoms with E-state index in [2.05, 4.69) is 43.3 Å². The second-order valence-corrected chi connectivity index (χ2v) is 5.73. The lowest BCUT2D eigenvalue weighted by Gasteiger charge is -2.13. The lowest BCUT2D eigenvalue weighted by Crippen LogP contribution is -1.96. The maximum absolute atomic E-state index is 6.55. The third kappa shape index (κ3) is 1.95. The molecule has 0 amide bonds. The van der Waals surface area contributed by atoms with Gasteiger partial charge in [0.1, 0.15) is 0 Å². The summed E-state index contributed by atoms with van der Waals surface area (Å²) in [6, 6.07) is 13.1. The van der Waals surface area contributed by atoms with Gasteiger partial charge in [-0.05, 0) is 47.1 Å². The lowest BCUT2D eigenvalue weighted by molar-refractivity contribution is 0.503. The Morgan fingerprint density at radius 3 is 2.82 bits per heavy atom. The molecule has 0 heterocycles. The van der Waals surface area contributed by atoms with E-state index >= 15 is 0 Å². The van der Waals surface area contributed by atoms with Gasteiger partial charge in [0.2, 0.25) is 0 Å². The van der Waals surface area contributed by atoms with Gasteiger partial charge in [-0.15, -0.1) is 11.6 Å². The maximum atomic E-state index is 6.55. The van der Waals surface area contributed by atoms with E-state index in [1.807, 2.05) is 0 Å². The van der Waals surface area contributed by atoms with E-state index < -0.39 is 0 Å². The van der Waals surface area contributed by atoms with Crippen LogP contribution >= 0.6 is 11.6 Å². The Labute approximate surface area is 108 Å². The van der Waals surface area contributed by atoms with Crippen molar-refractivity contribution in [3.05, 3.63) is 47.5 Å². The molecule has 2 unspecified atom stereocenters. The molecule has 1 aliphatic carbocycles. The van der Waals surface area contributed by atoms with Gasteiger partial charge in [0, 0.05) is 0 Å². The van der Waals surface area contributed by atoms with Crippen LogP contribution in [0.2, 0.25) is 0 Å². The molecule has 0 saturated heterocycles. The van der Waals surface area contributed by atoms with Crippen molar-refractivity contribution in [2.75, 3.05) is 0 Å². The molecule has 0 bridgehead atoms. The Hall–Kier alpha value is -1.01. The molecule has 0 radical (unpaired) electrons. The molecule has 0 nitrogen and oxygen atoms in total. The maximum Gasteiger partial charge on any atom is 0.0590 e.